The summed E-state index contributed by atoms with van der Waals surface area (Å²) in [5, 5.41) is 9.58. The fourth-order valence-electron chi connectivity index (χ4n) is 3.26. The Morgan fingerprint density at radius 2 is 1.84 bits per heavy atom. The van der Waals surface area contributed by atoms with E-state index in [2.05, 4.69) is 0 Å². The minimum absolute atomic E-state index is 0.119. The van der Waals surface area contributed by atoms with E-state index in [1.807, 2.05) is 51.1 Å². The molecule has 1 aliphatic rings. The number of carbonyl (C=O) groups is 1. The molecular formula is C20H22ClNO3. The number of rotatable bonds is 4. The summed E-state index contributed by atoms with van der Waals surface area (Å²) in [4.78, 5) is 14.2. The van der Waals surface area contributed by atoms with Crippen LogP contribution in [0.4, 0.5) is 5.69 Å². The number of amides is 1. The molecule has 0 spiro atoms. The first-order valence-corrected chi connectivity index (χ1v) is 8.73. The van der Waals surface area contributed by atoms with E-state index in [1.54, 1.807) is 18.1 Å². The lowest BCUT2D eigenvalue weighted by molar-refractivity contribution is -0.123. The third kappa shape index (κ3) is 2.95. The van der Waals surface area contributed by atoms with E-state index in [0.29, 0.717) is 0 Å². The normalized spacial score (nSPS) is 19.9. The predicted molar refractivity (Wildman–Crippen MR) is 99.8 cm³/mol. The Kier molecular flexibility index (Phi) is 4.65. The van der Waals surface area contributed by atoms with Gasteiger partial charge in [-0.3, -0.25) is 4.79 Å². The molecule has 1 aliphatic heterocycles. The zero-order valence-electron chi connectivity index (χ0n) is 14.8. The highest BCUT2D eigenvalue weighted by atomic mass is 35.5. The topological polar surface area (TPSA) is 49.8 Å². The summed E-state index contributed by atoms with van der Waals surface area (Å²) in [5.41, 5.74) is 3.42. The van der Waals surface area contributed by atoms with Crippen LogP contribution in [0.2, 0.25) is 0 Å². The quantitative estimate of drug-likeness (QED) is 0.644. The number of nitrogens with zero attached hydrogens (tertiary/aromatic N) is 1. The number of aromatic hydroxyl groups is 1. The van der Waals surface area contributed by atoms with Gasteiger partial charge in [0.2, 0.25) is 5.91 Å². The van der Waals surface area contributed by atoms with Gasteiger partial charge in [0.25, 0.3) is 0 Å². The highest BCUT2D eigenvalue weighted by Gasteiger charge is 2.48. The lowest BCUT2D eigenvalue weighted by Gasteiger charge is -2.45. The maximum atomic E-state index is 12.5. The summed E-state index contributed by atoms with van der Waals surface area (Å²) in [6.45, 7) is 5.91. The van der Waals surface area contributed by atoms with Crippen LogP contribution in [0.15, 0.2) is 36.4 Å². The number of halogens is 1. The number of alkyl halides is 1. The van der Waals surface area contributed by atoms with E-state index in [1.165, 1.54) is 0 Å². The highest BCUT2D eigenvalue weighted by molar-refractivity contribution is 6.37. The van der Waals surface area contributed by atoms with Crippen molar-refractivity contribution in [2.75, 3.05) is 12.0 Å². The molecule has 132 valence electrons. The SMILES string of the molecule is COc1ccc(C2C(Cl)C(=O)N2c2cc(C(C)C)c(O)cc2C)cc1. The Morgan fingerprint density at radius 1 is 1.20 bits per heavy atom. The minimum atomic E-state index is -0.593. The van der Waals surface area contributed by atoms with Crippen molar-refractivity contribution in [3.63, 3.8) is 0 Å². The lowest BCUT2D eigenvalue weighted by atomic mass is 9.90. The van der Waals surface area contributed by atoms with Crippen LogP contribution < -0.4 is 9.64 Å². The second-order valence-electron chi connectivity index (χ2n) is 6.68. The first-order chi connectivity index (χ1) is 11.8. The number of ether oxygens (including phenoxy) is 1. The molecule has 0 aliphatic carbocycles. The maximum absolute atomic E-state index is 12.5. The van der Waals surface area contributed by atoms with Gasteiger partial charge in [0.15, 0.2) is 0 Å². The molecule has 1 saturated heterocycles. The molecule has 2 aromatic carbocycles. The molecule has 2 aromatic rings. The first kappa shape index (κ1) is 17.6. The van der Waals surface area contributed by atoms with E-state index in [0.717, 1.165) is 28.1 Å². The molecular weight excluding hydrogens is 338 g/mol. The number of carbonyl (C=O) groups excluding carboxylic acids is 1. The number of aryl methyl sites for hydroxylation is 1. The lowest BCUT2D eigenvalue weighted by Crippen LogP contribution is -2.56. The smallest absolute Gasteiger partial charge is 0.248 e. The van der Waals surface area contributed by atoms with Crippen molar-refractivity contribution in [2.24, 2.45) is 0 Å². The van der Waals surface area contributed by atoms with E-state index >= 15 is 0 Å². The fraction of sp³-hybridized carbons (Fsp3) is 0.350. The summed E-state index contributed by atoms with van der Waals surface area (Å²) < 4.78 is 5.19. The van der Waals surface area contributed by atoms with E-state index in [4.69, 9.17) is 16.3 Å². The average Bonchev–Trinajstić information content (AvgIpc) is 2.59. The van der Waals surface area contributed by atoms with Gasteiger partial charge in [-0.2, -0.15) is 0 Å². The first-order valence-electron chi connectivity index (χ1n) is 8.29. The van der Waals surface area contributed by atoms with Gasteiger partial charge in [-0.25, -0.2) is 0 Å². The van der Waals surface area contributed by atoms with Crippen LogP contribution >= 0.6 is 11.6 Å². The zero-order valence-corrected chi connectivity index (χ0v) is 15.5. The summed E-state index contributed by atoms with van der Waals surface area (Å²) in [5.74, 6) is 1.05. The molecule has 0 saturated carbocycles. The molecule has 3 rings (SSSR count). The molecule has 2 atom stereocenters. The van der Waals surface area contributed by atoms with Crippen molar-refractivity contribution in [1.29, 1.82) is 0 Å². The van der Waals surface area contributed by atoms with Gasteiger partial charge in [0.1, 0.15) is 16.9 Å². The van der Waals surface area contributed by atoms with Crippen molar-refractivity contribution >= 4 is 23.2 Å². The molecule has 1 heterocycles. The second-order valence-corrected chi connectivity index (χ2v) is 7.15. The maximum Gasteiger partial charge on any atom is 0.248 e. The van der Waals surface area contributed by atoms with Crippen LogP contribution in [0.25, 0.3) is 0 Å². The number of anilines is 1. The molecule has 4 nitrogen and oxygen atoms in total. The van der Waals surface area contributed by atoms with Crippen molar-refractivity contribution in [3.8, 4) is 11.5 Å². The van der Waals surface area contributed by atoms with Crippen molar-refractivity contribution < 1.29 is 14.6 Å². The molecule has 0 aromatic heterocycles. The molecule has 1 fully saturated rings. The number of benzene rings is 2. The minimum Gasteiger partial charge on any atom is -0.508 e. The number of phenols is 1. The third-order valence-corrected chi connectivity index (χ3v) is 5.14. The molecule has 2 unspecified atom stereocenters. The average molecular weight is 360 g/mol. The standard InChI is InChI=1S/C20H22ClNO3/c1-11(2)15-10-16(12(3)9-17(15)23)22-19(18(21)20(22)24)13-5-7-14(25-4)8-6-13/h5-11,18-19,23H,1-4H3. The summed E-state index contributed by atoms with van der Waals surface area (Å²) >= 11 is 6.33. The van der Waals surface area contributed by atoms with Gasteiger partial charge in [0.05, 0.1) is 13.2 Å². The molecule has 0 radical (unpaired) electrons. The summed E-state index contributed by atoms with van der Waals surface area (Å²) in [6, 6.07) is 11.0. The van der Waals surface area contributed by atoms with Crippen LogP contribution in [0.1, 0.15) is 42.5 Å². The van der Waals surface area contributed by atoms with Gasteiger partial charge >= 0.3 is 0 Å². The number of hydrogen-bond donors (Lipinski definition) is 1. The van der Waals surface area contributed by atoms with Gasteiger partial charge < -0.3 is 14.7 Å². The third-order valence-electron chi connectivity index (χ3n) is 4.71. The Balaban J connectivity index is 2.02. The number of methoxy groups -OCH3 is 1. The monoisotopic (exact) mass is 359 g/mol. The Bertz CT molecular complexity index is 801. The van der Waals surface area contributed by atoms with Crippen LogP contribution in [-0.2, 0) is 4.79 Å². The summed E-state index contributed by atoms with van der Waals surface area (Å²) in [6.07, 6.45) is 0. The van der Waals surface area contributed by atoms with Gasteiger partial charge in [0, 0.05) is 5.69 Å². The molecule has 1 N–H and O–H groups in total. The number of hydrogen-bond acceptors (Lipinski definition) is 3. The molecule has 5 heteroatoms. The van der Waals surface area contributed by atoms with E-state index in [-0.39, 0.29) is 23.6 Å². The van der Waals surface area contributed by atoms with Crippen molar-refractivity contribution in [2.45, 2.75) is 38.1 Å². The van der Waals surface area contributed by atoms with Crippen LogP contribution in [0.3, 0.4) is 0 Å². The highest BCUT2D eigenvalue weighted by Crippen LogP contribution is 2.45. The summed E-state index contributed by atoms with van der Waals surface area (Å²) in [7, 11) is 1.62. The fourth-order valence-corrected chi connectivity index (χ4v) is 3.62. The van der Waals surface area contributed by atoms with Crippen LogP contribution in [-0.4, -0.2) is 23.5 Å². The molecule has 25 heavy (non-hydrogen) atoms. The molecule has 1 amide bonds. The Labute approximate surface area is 153 Å². The molecule has 0 bridgehead atoms. The van der Waals surface area contributed by atoms with Gasteiger partial charge in [-0.15, -0.1) is 11.6 Å². The van der Waals surface area contributed by atoms with E-state index < -0.39 is 5.38 Å². The Morgan fingerprint density at radius 3 is 2.40 bits per heavy atom. The Hall–Kier alpha value is -2.20. The number of β-lactam (4-membered cyclic amide) rings is 1. The zero-order chi connectivity index (χ0) is 18.3. The predicted octanol–water partition coefficient (Wildman–Crippen LogP) is 4.53. The van der Waals surface area contributed by atoms with Crippen LogP contribution in [0.5, 0.6) is 11.5 Å². The van der Waals surface area contributed by atoms with E-state index in [9.17, 15) is 9.90 Å². The number of phenolic OH excluding ortho intramolecular Hbond substituents is 1. The van der Waals surface area contributed by atoms with Crippen LogP contribution in [0, 0.1) is 6.92 Å². The van der Waals surface area contributed by atoms with Gasteiger partial charge in [-0.1, -0.05) is 26.0 Å². The second kappa shape index (κ2) is 6.60. The largest absolute Gasteiger partial charge is 0.508 e. The van der Waals surface area contributed by atoms with Crippen molar-refractivity contribution in [1.82, 2.24) is 0 Å². The van der Waals surface area contributed by atoms with Gasteiger partial charge in [-0.05, 0) is 53.8 Å². The van der Waals surface area contributed by atoms with Crippen molar-refractivity contribution in [3.05, 3.63) is 53.1 Å².